The number of hydrogen-bond donors (Lipinski definition) is 3. The zero-order chi connectivity index (χ0) is 15.7. The van der Waals surface area contributed by atoms with E-state index in [1.807, 2.05) is 38.1 Å². The summed E-state index contributed by atoms with van der Waals surface area (Å²) in [6.45, 7) is 7.44. The van der Waals surface area contributed by atoms with Gasteiger partial charge in [0, 0.05) is 18.7 Å². The molecule has 0 saturated heterocycles. The van der Waals surface area contributed by atoms with E-state index in [1.165, 1.54) is 0 Å². The number of nitrogens with zero attached hydrogens (tertiary/aromatic N) is 1. The van der Waals surface area contributed by atoms with Crippen molar-refractivity contribution in [1.82, 2.24) is 5.32 Å². The van der Waals surface area contributed by atoms with Crippen LogP contribution in [0.15, 0.2) is 29.3 Å². The molecule has 0 saturated carbocycles. The lowest BCUT2D eigenvalue weighted by atomic mass is 10.1. The third kappa shape index (κ3) is 7.34. The second-order valence-electron chi connectivity index (χ2n) is 5.47. The van der Waals surface area contributed by atoms with Crippen molar-refractivity contribution in [2.45, 2.75) is 40.2 Å². The summed E-state index contributed by atoms with van der Waals surface area (Å²) in [6, 6.07) is 7.68. The molecule has 1 amide bonds. The Morgan fingerprint density at radius 1 is 1.38 bits per heavy atom. The summed E-state index contributed by atoms with van der Waals surface area (Å²) in [5.41, 5.74) is 7.56. The molecule has 0 aliphatic rings. The average molecular weight is 290 g/mol. The Balaban J connectivity index is 2.58. The van der Waals surface area contributed by atoms with Gasteiger partial charge in [0.05, 0.1) is 6.54 Å². The number of nitrogens with two attached hydrogens (primary N) is 1. The van der Waals surface area contributed by atoms with Crippen molar-refractivity contribution in [3.8, 4) is 0 Å². The summed E-state index contributed by atoms with van der Waals surface area (Å²) in [6.07, 6.45) is 1.53. The molecule has 0 aromatic heterocycles. The van der Waals surface area contributed by atoms with Crippen LogP contribution in [-0.2, 0) is 11.3 Å². The van der Waals surface area contributed by atoms with Gasteiger partial charge in [-0.15, -0.1) is 0 Å². The molecule has 0 heterocycles. The van der Waals surface area contributed by atoms with Gasteiger partial charge in [-0.3, -0.25) is 4.79 Å². The minimum atomic E-state index is 0.0368. The molecule has 1 aromatic rings. The summed E-state index contributed by atoms with van der Waals surface area (Å²) in [7, 11) is 0. The lowest BCUT2D eigenvalue weighted by molar-refractivity contribution is -0.116. The number of guanidine groups is 1. The van der Waals surface area contributed by atoms with Crippen LogP contribution in [0.2, 0.25) is 0 Å². The van der Waals surface area contributed by atoms with Gasteiger partial charge in [-0.25, -0.2) is 4.99 Å². The molecule has 0 radical (unpaired) electrons. The Morgan fingerprint density at radius 2 is 2.14 bits per heavy atom. The van der Waals surface area contributed by atoms with Crippen LogP contribution in [0.3, 0.4) is 0 Å². The number of nitrogens with one attached hydrogen (secondary N) is 2. The number of rotatable bonds is 7. The monoisotopic (exact) mass is 290 g/mol. The van der Waals surface area contributed by atoms with E-state index < -0.39 is 0 Å². The highest BCUT2D eigenvalue weighted by molar-refractivity contribution is 5.90. The van der Waals surface area contributed by atoms with Gasteiger partial charge in [0.2, 0.25) is 5.91 Å². The summed E-state index contributed by atoms with van der Waals surface area (Å²) < 4.78 is 0. The lowest BCUT2D eigenvalue weighted by Crippen LogP contribution is -2.32. The van der Waals surface area contributed by atoms with Gasteiger partial charge in [0.25, 0.3) is 0 Å². The molecule has 0 aliphatic carbocycles. The predicted octanol–water partition coefficient (Wildman–Crippen LogP) is 2.49. The van der Waals surface area contributed by atoms with E-state index in [-0.39, 0.29) is 5.91 Å². The van der Waals surface area contributed by atoms with Crippen LogP contribution in [-0.4, -0.2) is 18.4 Å². The standard InChI is InChI=1S/C16H26N4O/c1-4-8-18-16(17)19-11-13-6-5-7-14(10-13)20-15(21)9-12(2)3/h5-7,10,12H,4,8-9,11H2,1-3H3,(H,20,21)(H3,17,18,19). The van der Waals surface area contributed by atoms with Gasteiger partial charge in [-0.2, -0.15) is 0 Å². The fourth-order valence-electron chi connectivity index (χ4n) is 1.82. The van der Waals surface area contributed by atoms with Gasteiger partial charge in [-0.1, -0.05) is 32.9 Å². The largest absolute Gasteiger partial charge is 0.370 e. The van der Waals surface area contributed by atoms with E-state index in [2.05, 4.69) is 22.5 Å². The highest BCUT2D eigenvalue weighted by atomic mass is 16.1. The third-order valence-corrected chi connectivity index (χ3v) is 2.79. The Hall–Kier alpha value is -2.04. The molecule has 5 nitrogen and oxygen atoms in total. The van der Waals surface area contributed by atoms with Crippen LogP contribution in [0.5, 0.6) is 0 Å². The molecule has 116 valence electrons. The van der Waals surface area contributed by atoms with Crippen LogP contribution < -0.4 is 16.4 Å². The molecule has 4 N–H and O–H groups in total. The van der Waals surface area contributed by atoms with Crippen molar-refractivity contribution in [3.05, 3.63) is 29.8 Å². The van der Waals surface area contributed by atoms with E-state index >= 15 is 0 Å². The molecule has 0 aliphatic heterocycles. The Morgan fingerprint density at radius 3 is 2.81 bits per heavy atom. The minimum Gasteiger partial charge on any atom is -0.370 e. The van der Waals surface area contributed by atoms with Crippen LogP contribution in [0.4, 0.5) is 5.69 Å². The Bertz CT molecular complexity index is 483. The summed E-state index contributed by atoms with van der Waals surface area (Å²) in [4.78, 5) is 16.0. The molecule has 0 unspecified atom stereocenters. The molecule has 21 heavy (non-hydrogen) atoms. The first-order valence-electron chi connectivity index (χ1n) is 7.43. The first-order valence-corrected chi connectivity index (χ1v) is 7.43. The highest BCUT2D eigenvalue weighted by Crippen LogP contribution is 2.13. The maximum atomic E-state index is 11.7. The second kappa shape index (κ2) is 9.00. The molecular formula is C16H26N4O. The predicted molar refractivity (Wildman–Crippen MR) is 88.1 cm³/mol. The van der Waals surface area contributed by atoms with Crippen molar-refractivity contribution in [2.75, 3.05) is 11.9 Å². The van der Waals surface area contributed by atoms with Gasteiger partial charge < -0.3 is 16.4 Å². The molecule has 0 bridgehead atoms. The Labute approximate surface area is 127 Å². The number of amides is 1. The van der Waals surface area contributed by atoms with Crippen LogP contribution >= 0.6 is 0 Å². The smallest absolute Gasteiger partial charge is 0.224 e. The first-order chi connectivity index (χ1) is 10.0. The lowest BCUT2D eigenvalue weighted by Gasteiger charge is -2.08. The van der Waals surface area contributed by atoms with Crippen molar-refractivity contribution < 1.29 is 4.79 Å². The molecule has 0 spiro atoms. The fraction of sp³-hybridized carbons (Fsp3) is 0.500. The van der Waals surface area contributed by atoms with Crippen molar-refractivity contribution in [2.24, 2.45) is 16.6 Å². The number of benzene rings is 1. The van der Waals surface area contributed by atoms with Gasteiger partial charge in [0.1, 0.15) is 0 Å². The molecule has 1 aromatic carbocycles. The van der Waals surface area contributed by atoms with Crippen molar-refractivity contribution >= 4 is 17.6 Å². The molecule has 5 heteroatoms. The van der Waals surface area contributed by atoms with Gasteiger partial charge in [0.15, 0.2) is 5.96 Å². The quantitative estimate of drug-likeness (QED) is 0.533. The van der Waals surface area contributed by atoms with E-state index in [0.717, 1.165) is 24.2 Å². The summed E-state index contributed by atoms with van der Waals surface area (Å²) in [5, 5.41) is 5.93. The topological polar surface area (TPSA) is 79.5 Å². The third-order valence-electron chi connectivity index (χ3n) is 2.79. The molecular weight excluding hydrogens is 264 g/mol. The molecule has 1 rings (SSSR count). The van der Waals surface area contributed by atoms with E-state index in [4.69, 9.17) is 5.73 Å². The van der Waals surface area contributed by atoms with Crippen LogP contribution in [0.25, 0.3) is 0 Å². The summed E-state index contributed by atoms with van der Waals surface area (Å²) in [5.74, 6) is 0.836. The SMILES string of the molecule is CCCNC(N)=NCc1cccc(NC(=O)CC(C)C)c1. The maximum Gasteiger partial charge on any atom is 0.224 e. The van der Waals surface area contributed by atoms with E-state index in [1.54, 1.807) is 0 Å². The second-order valence-corrected chi connectivity index (χ2v) is 5.47. The van der Waals surface area contributed by atoms with E-state index in [9.17, 15) is 4.79 Å². The zero-order valence-electron chi connectivity index (χ0n) is 13.1. The first kappa shape index (κ1) is 17.0. The highest BCUT2D eigenvalue weighted by Gasteiger charge is 2.05. The van der Waals surface area contributed by atoms with Gasteiger partial charge in [-0.05, 0) is 30.0 Å². The normalized spacial score (nSPS) is 11.5. The number of anilines is 1. The average Bonchev–Trinajstić information content (AvgIpc) is 2.42. The number of carbonyl (C=O) groups is 1. The van der Waals surface area contributed by atoms with E-state index in [0.29, 0.717) is 24.8 Å². The van der Waals surface area contributed by atoms with Crippen molar-refractivity contribution in [1.29, 1.82) is 0 Å². The van der Waals surface area contributed by atoms with Gasteiger partial charge >= 0.3 is 0 Å². The van der Waals surface area contributed by atoms with Crippen molar-refractivity contribution in [3.63, 3.8) is 0 Å². The maximum absolute atomic E-state index is 11.7. The number of carbonyl (C=O) groups excluding carboxylic acids is 1. The fourth-order valence-corrected chi connectivity index (χ4v) is 1.82. The number of hydrogen-bond acceptors (Lipinski definition) is 2. The van der Waals surface area contributed by atoms with Crippen LogP contribution in [0.1, 0.15) is 39.2 Å². The number of aliphatic imine (C=N–C) groups is 1. The van der Waals surface area contributed by atoms with Crippen LogP contribution in [0, 0.1) is 5.92 Å². The minimum absolute atomic E-state index is 0.0368. The Kier molecular flexibility index (Phi) is 7.29. The summed E-state index contributed by atoms with van der Waals surface area (Å²) >= 11 is 0. The zero-order valence-corrected chi connectivity index (χ0v) is 13.1. The molecule has 0 atom stereocenters. The molecule has 0 fully saturated rings.